The Kier molecular flexibility index (Phi) is 4.39. The molecule has 1 N–H and O–H groups in total. The Hall–Kier alpha value is -0.410. The molecule has 1 nitrogen and oxygen atoms in total. The molecule has 1 unspecified atom stereocenters. The molecule has 0 fully saturated rings. The van der Waals surface area contributed by atoms with Gasteiger partial charge in [0.05, 0.1) is 0 Å². The van der Waals surface area contributed by atoms with Crippen LogP contribution in [0.2, 0.25) is 0 Å². The molecule has 0 aliphatic heterocycles. The van der Waals surface area contributed by atoms with E-state index in [2.05, 4.69) is 21.2 Å². The van der Waals surface area contributed by atoms with Crippen molar-refractivity contribution in [1.82, 2.24) is 5.32 Å². The van der Waals surface area contributed by atoms with E-state index < -0.39 is 0 Å². The first-order valence-electron chi connectivity index (χ1n) is 4.29. The fourth-order valence-electron chi connectivity index (χ4n) is 1.14. The van der Waals surface area contributed by atoms with E-state index in [0.717, 1.165) is 4.47 Å². The van der Waals surface area contributed by atoms with E-state index in [9.17, 15) is 4.39 Å². The summed E-state index contributed by atoms with van der Waals surface area (Å²) < 4.78 is 12.9. The van der Waals surface area contributed by atoms with Gasteiger partial charge < -0.3 is 5.32 Å². The second kappa shape index (κ2) is 5.35. The molecule has 3 heteroatoms. The SMILES string of the molecule is CC(NCCF)c1ccc(Br)cc1. The second-order valence-electron chi connectivity index (χ2n) is 2.92. The van der Waals surface area contributed by atoms with Gasteiger partial charge in [-0.1, -0.05) is 28.1 Å². The molecule has 0 saturated heterocycles. The van der Waals surface area contributed by atoms with Gasteiger partial charge in [0.25, 0.3) is 0 Å². The molecule has 0 aliphatic rings. The highest BCUT2D eigenvalue weighted by atomic mass is 79.9. The Balaban J connectivity index is 2.55. The fraction of sp³-hybridized carbons (Fsp3) is 0.400. The molecule has 13 heavy (non-hydrogen) atoms. The average Bonchev–Trinajstić information content (AvgIpc) is 2.15. The third-order valence-corrected chi connectivity index (χ3v) is 2.44. The summed E-state index contributed by atoms with van der Waals surface area (Å²) in [4.78, 5) is 0. The monoisotopic (exact) mass is 245 g/mol. The molecular formula is C10H13BrFN. The molecule has 1 rings (SSSR count). The summed E-state index contributed by atoms with van der Waals surface area (Å²) in [5.41, 5.74) is 1.18. The predicted octanol–water partition coefficient (Wildman–Crippen LogP) is 3.07. The summed E-state index contributed by atoms with van der Waals surface area (Å²) >= 11 is 3.37. The van der Waals surface area contributed by atoms with Crippen LogP contribution in [-0.2, 0) is 0 Å². The van der Waals surface area contributed by atoms with Crippen LogP contribution in [0.5, 0.6) is 0 Å². The van der Waals surface area contributed by atoms with Gasteiger partial charge in [-0.25, -0.2) is 4.39 Å². The quantitative estimate of drug-likeness (QED) is 0.860. The highest BCUT2D eigenvalue weighted by molar-refractivity contribution is 9.10. The number of rotatable bonds is 4. The third kappa shape index (κ3) is 3.44. The number of halogens is 2. The average molecular weight is 246 g/mol. The minimum Gasteiger partial charge on any atom is -0.308 e. The number of alkyl halides is 1. The second-order valence-corrected chi connectivity index (χ2v) is 3.83. The first-order valence-corrected chi connectivity index (χ1v) is 5.08. The van der Waals surface area contributed by atoms with E-state index >= 15 is 0 Å². The van der Waals surface area contributed by atoms with Crippen molar-refractivity contribution in [2.45, 2.75) is 13.0 Å². The van der Waals surface area contributed by atoms with E-state index in [-0.39, 0.29) is 12.7 Å². The maximum absolute atomic E-state index is 11.9. The summed E-state index contributed by atoms with van der Waals surface area (Å²) in [6.07, 6.45) is 0. The summed E-state index contributed by atoms with van der Waals surface area (Å²) in [6, 6.07) is 8.25. The molecule has 0 radical (unpaired) electrons. The van der Waals surface area contributed by atoms with Crippen LogP contribution in [-0.4, -0.2) is 13.2 Å². The third-order valence-electron chi connectivity index (χ3n) is 1.92. The lowest BCUT2D eigenvalue weighted by Gasteiger charge is -2.12. The van der Waals surface area contributed by atoms with Crippen LogP contribution in [0.4, 0.5) is 4.39 Å². The van der Waals surface area contributed by atoms with E-state index in [1.807, 2.05) is 31.2 Å². The molecular weight excluding hydrogens is 233 g/mol. The number of benzene rings is 1. The van der Waals surface area contributed by atoms with Crippen molar-refractivity contribution in [1.29, 1.82) is 0 Å². The zero-order chi connectivity index (χ0) is 9.68. The molecule has 0 heterocycles. The van der Waals surface area contributed by atoms with E-state index in [4.69, 9.17) is 0 Å². The van der Waals surface area contributed by atoms with Crippen LogP contribution in [0.15, 0.2) is 28.7 Å². The Morgan fingerprint density at radius 1 is 1.38 bits per heavy atom. The number of nitrogens with one attached hydrogen (secondary N) is 1. The topological polar surface area (TPSA) is 12.0 Å². The number of hydrogen-bond acceptors (Lipinski definition) is 1. The van der Waals surface area contributed by atoms with Gasteiger partial charge in [-0.05, 0) is 24.6 Å². The van der Waals surface area contributed by atoms with Crippen molar-refractivity contribution in [3.8, 4) is 0 Å². The fourth-order valence-corrected chi connectivity index (χ4v) is 1.40. The molecule has 1 atom stereocenters. The van der Waals surface area contributed by atoms with Crippen molar-refractivity contribution in [2.24, 2.45) is 0 Å². The molecule has 1 aromatic rings. The maximum Gasteiger partial charge on any atom is 0.102 e. The van der Waals surface area contributed by atoms with E-state index in [1.165, 1.54) is 5.56 Å². The maximum atomic E-state index is 11.9. The Morgan fingerprint density at radius 2 is 2.00 bits per heavy atom. The molecule has 0 amide bonds. The summed E-state index contributed by atoms with van der Waals surface area (Å²) in [5, 5.41) is 3.08. The van der Waals surface area contributed by atoms with Gasteiger partial charge in [-0.3, -0.25) is 0 Å². The Labute approximate surface area is 86.5 Å². The first kappa shape index (κ1) is 10.7. The standard InChI is InChI=1S/C10H13BrFN/c1-8(13-7-6-12)9-2-4-10(11)5-3-9/h2-5,8,13H,6-7H2,1H3. The highest BCUT2D eigenvalue weighted by Gasteiger charge is 2.02. The van der Waals surface area contributed by atoms with Gasteiger partial charge in [0, 0.05) is 17.1 Å². The summed E-state index contributed by atoms with van der Waals surface area (Å²) in [6.45, 7) is 2.12. The molecule has 0 spiro atoms. The zero-order valence-corrected chi connectivity index (χ0v) is 9.14. The van der Waals surface area contributed by atoms with E-state index in [1.54, 1.807) is 0 Å². The summed E-state index contributed by atoms with van der Waals surface area (Å²) in [7, 11) is 0. The molecule has 0 aliphatic carbocycles. The Morgan fingerprint density at radius 3 is 2.54 bits per heavy atom. The van der Waals surface area contributed by atoms with Crippen LogP contribution >= 0.6 is 15.9 Å². The summed E-state index contributed by atoms with van der Waals surface area (Å²) in [5.74, 6) is 0. The molecule has 1 aromatic carbocycles. The van der Waals surface area contributed by atoms with Crippen molar-refractivity contribution in [3.05, 3.63) is 34.3 Å². The zero-order valence-electron chi connectivity index (χ0n) is 7.56. The van der Waals surface area contributed by atoms with Crippen LogP contribution in [0.3, 0.4) is 0 Å². The van der Waals surface area contributed by atoms with E-state index in [0.29, 0.717) is 6.54 Å². The lowest BCUT2D eigenvalue weighted by atomic mass is 10.1. The van der Waals surface area contributed by atoms with Gasteiger partial charge in [0.1, 0.15) is 6.67 Å². The molecule has 0 aromatic heterocycles. The lowest BCUT2D eigenvalue weighted by Crippen LogP contribution is -2.20. The van der Waals surface area contributed by atoms with Gasteiger partial charge >= 0.3 is 0 Å². The van der Waals surface area contributed by atoms with Crippen LogP contribution in [0.25, 0.3) is 0 Å². The molecule has 72 valence electrons. The van der Waals surface area contributed by atoms with Crippen molar-refractivity contribution in [3.63, 3.8) is 0 Å². The van der Waals surface area contributed by atoms with Crippen molar-refractivity contribution >= 4 is 15.9 Å². The Bertz CT molecular complexity index is 248. The first-order chi connectivity index (χ1) is 6.24. The van der Waals surface area contributed by atoms with Gasteiger partial charge in [-0.15, -0.1) is 0 Å². The van der Waals surface area contributed by atoms with Crippen molar-refractivity contribution < 1.29 is 4.39 Å². The van der Waals surface area contributed by atoms with Gasteiger partial charge in [0.2, 0.25) is 0 Å². The number of hydrogen-bond donors (Lipinski definition) is 1. The van der Waals surface area contributed by atoms with Crippen molar-refractivity contribution in [2.75, 3.05) is 13.2 Å². The predicted molar refractivity (Wildman–Crippen MR) is 56.5 cm³/mol. The largest absolute Gasteiger partial charge is 0.308 e. The highest BCUT2D eigenvalue weighted by Crippen LogP contribution is 2.15. The smallest absolute Gasteiger partial charge is 0.102 e. The normalized spacial score (nSPS) is 12.8. The van der Waals surface area contributed by atoms with Gasteiger partial charge in [-0.2, -0.15) is 0 Å². The lowest BCUT2D eigenvalue weighted by molar-refractivity contribution is 0.444. The van der Waals surface area contributed by atoms with Gasteiger partial charge in [0.15, 0.2) is 0 Å². The minimum absolute atomic E-state index is 0.212. The molecule has 0 bridgehead atoms. The minimum atomic E-state index is -0.319. The van der Waals surface area contributed by atoms with Crippen LogP contribution in [0, 0.1) is 0 Å². The van der Waals surface area contributed by atoms with Crippen LogP contribution < -0.4 is 5.32 Å². The molecule has 0 saturated carbocycles. The van der Waals surface area contributed by atoms with Crippen LogP contribution in [0.1, 0.15) is 18.5 Å².